The average Bonchev–Trinajstić information content (AvgIpc) is 2.75. The van der Waals surface area contributed by atoms with Crippen LogP contribution in [0.3, 0.4) is 0 Å². The molecular weight excluding hydrogens is 340 g/mol. The van der Waals surface area contributed by atoms with E-state index in [1.54, 1.807) is 14.2 Å². The van der Waals surface area contributed by atoms with Crippen molar-refractivity contribution in [3.05, 3.63) is 84.4 Å². The van der Waals surface area contributed by atoms with Crippen LogP contribution >= 0.6 is 0 Å². The van der Waals surface area contributed by atoms with E-state index in [0.717, 1.165) is 11.3 Å². The number of ether oxygens (including phenoxy) is 2. The molecule has 27 heavy (non-hydrogen) atoms. The number of benzene rings is 3. The Morgan fingerprint density at radius 3 is 2.11 bits per heavy atom. The number of para-hydroxylation sites is 3. The minimum Gasteiger partial charge on any atom is -0.495 e. The first kappa shape index (κ1) is 18.1. The van der Waals surface area contributed by atoms with Gasteiger partial charge in [-0.25, -0.2) is 0 Å². The second-order valence-corrected chi connectivity index (χ2v) is 5.49. The van der Waals surface area contributed by atoms with Gasteiger partial charge in [0.25, 0.3) is 0 Å². The highest BCUT2D eigenvalue weighted by Crippen LogP contribution is 2.27. The number of rotatable bonds is 6. The molecule has 1 N–H and O–H groups in total. The molecule has 0 spiro atoms. The monoisotopic (exact) mass is 360 g/mol. The highest BCUT2D eigenvalue weighted by Gasteiger charge is 2.06. The highest BCUT2D eigenvalue weighted by molar-refractivity contribution is 5.99. The van der Waals surface area contributed by atoms with Gasteiger partial charge in [0.1, 0.15) is 17.2 Å². The van der Waals surface area contributed by atoms with Crippen molar-refractivity contribution in [2.45, 2.75) is 0 Å². The molecular formula is C21H20N4O2. The Morgan fingerprint density at radius 2 is 1.37 bits per heavy atom. The zero-order valence-electron chi connectivity index (χ0n) is 15.2. The Bertz CT molecular complexity index is 940. The van der Waals surface area contributed by atoms with E-state index in [4.69, 9.17) is 9.47 Å². The number of hydrogen-bond donors (Lipinski definition) is 1. The summed E-state index contributed by atoms with van der Waals surface area (Å²) < 4.78 is 10.7. The van der Waals surface area contributed by atoms with E-state index in [1.165, 1.54) is 0 Å². The number of hydrazone groups is 1. The van der Waals surface area contributed by atoms with Gasteiger partial charge in [0.15, 0.2) is 0 Å². The van der Waals surface area contributed by atoms with Crippen LogP contribution in [0.1, 0.15) is 5.56 Å². The molecule has 0 atom stereocenters. The second kappa shape index (κ2) is 9.15. The van der Waals surface area contributed by atoms with Gasteiger partial charge < -0.3 is 9.47 Å². The van der Waals surface area contributed by atoms with Crippen molar-refractivity contribution in [3.8, 4) is 11.5 Å². The van der Waals surface area contributed by atoms with Crippen molar-refractivity contribution in [1.82, 2.24) is 0 Å². The first-order valence-corrected chi connectivity index (χ1v) is 8.38. The summed E-state index contributed by atoms with van der Waals surface area (Å²) in [6.45, 7) is 0. The van der Waals surface area contributed by atoms with Crippen molar-refractivity contribution in [1.29, 1.82) is 0 Å². The predicted octanol–water partition coefficient (Wildman–Crippen LogP) is 5.26. The van der Waals surface area contributed by atoms with Crippen LogP contribution in [0.5, 0.6) is 11.5 Å². The highest BCUT2D eigenvalue weighted by atomic mass is 16.5. The van der Waals surface area contributed by atoms with Crippen LogP contribution in [0, 0.1) is 0 Å². The standard InChI is InChI=1S/C21H20N4O2/c1-26-19-14-8-6-12-17(19)22-24-21(16-10-4-3-5-11-16)25-23-18-13-7-9-15-20(18)27-2/h3-15,22H,1-2H3/b24-21+,25-23?. The maximum atomic E-state index is 5.34. The lowest BCUT2D eigenvalue weighted by Crippen LogP contribution is -2.02. The predicted molar refractivity (Wildman–Crippen MR) is 107 cm³/mol. The normalized spacial score (nSPS) is 11.4. The summed E-state index contributed by atoms with van der Waals surface area (Å²) in [6, 6.07) is 24.6. The molecule has 3 aromatic carbocycles. The molecule has 0 amide bonds. The van der Waals surface area contributed by atoms with Crippen molar-refractivity contribution < 1.29 is 9.47 Å². The number of amidine groups is 1. The SMILES string of the molecule is COc1ccccc1N=N/C(=N/Nc1ccccc1OC)c1ccccc1. The summed E-state index contributed by atoms with van der Waals surface area (Å²) in [7, 11) is 3.22. The molecule has 136 valence electrons. The minimum absolute atomic E-state index is 0.437. The molecule has 0 unspecified atom stereocenters. The van der Waals surface area contributed by atoms with Gasteiger partial charge in [-0.1, -0.05) is 54.6 Å². The Morgan fingerprint density at radius 1 is 0.741 bits per heavy atom. The van der Waals surface area contributed by atoms with Crippen molar-refractivity contribution >= 4 is 17.2 Å². The number of hydrogen-bond acceptors (Lipinski definition) is 5. The molecule has 0 radical (unpaired) electrons. The lowest BCUT2D eigenvalue weighted by molar-refractivity contribution is 0.416. The van der Waals surface area contributed by atoms with Crippen LogP contribution in [0.4, 0.5) is 11.4 Å². The largest absolute Gasteiger partial charge is 0.495 e. The van der Waals surface area contributed by atoms with Crippen LogP contribution in [-0.4, -0.2) is 20.1 Å². The summed E-state index contributed by atoms with van der Waals surface area (Å²) >= 11 is 0. The molecule has 3 rings (SSSR count). The summed E-state index contributed by atoms with van der Waals surface area (Å²) in [6.07, 6.45) is 0. The van der Waals surface area contributed by atoms with E-state index in [1.807, 2.05) is 78.9 Å². The minimum atomic E-state index is 0.437. The Labute approximate surface area is 158 Å². The van der Waals surface area contributed by atoms with Gasteiger partial charge in [0.05, 0.1) is 19.9 Å². The van der Waals surface area contributed by atoms with Crippen molar-refractivity contribution in [2.75, 3.05) is 19.6 Å². The molecule has 0 aliphatic rings. The molecule has 0 heterocycles. The zero-order chi connectivity index (χ0) is 18.9. The maximum absolute atomic E-state index is 5.34. The molecule has 0 saturated carbocycles. The van der Waals surface area contributed by atoms with Crippen LogP contribution in [0.25, 0.3) is 0 Å². The van der Waals surface area contributed by atoms with E-state index in [2.05, 4.69) is 20.8 Å². The van der Waals surface area contributed by atoms with Gasteiger partial charge >= 0.3 is 0 Å². The van der Waals surface area contributed by atoms with Crippen molar-refractivity contribution in [3.63, 3.8) is 0 Å². The lowest BCUT2D eigenvalue weighted by atomic mass is 10.2. The molecule has 0 aliphatic carbocycles. The second-order valence-electron chi connectivity index (χ2n) is 5.49. The van der Waals surface area contributed by atoms with Crippen LogP contribution in [0.2, 0.25) is 0 Å². The molecule has 6 nitrogen and oxygen atoms in total. The fourth-order valence-corrected chi connectivity index (χ4v) is 2.40. The average molecular weight is 360 g/mol. The Balaban J connectivity index is 1.93. The third kappa shape index (κ3) is 4.70. The van der Waals surface area contributed by atoms with E-state index >= 15 is 0 Å². The smallest absolute Gasteiger partial charge is 0.201 e. The van der Waals surface area contributed by atoms with Gasteiger partial charge in [-0.05, 0) is 24.3 Å². The first-order chi connectivity index (χ1) is 13.3. The summed E-state index contributed by atoms with van der Waals surface area (Å²) in [4.78, 5) is 0. The van der Waals surface area contributed by atoms with Crippen LogP contribution < -0.4 is 14.9 Å². The van der Waals surface area contributed by atoms with Crippen LogP contribution in [-0.2, 0) is 0 Å². The van der Waals surface area contributed by atoms with E-state index in [9.17, 15) is 0 Å². The maximum Gasteiger partial charge on any atom is 0.201 e. The lowest BCUT2D eigenvalue weighted by Gasteiger charge is -2.08. The molecule has 0 fully saturated rings. The Kier molecular flexibility index (Phi) is 6.14. The zero-order valence-corrected chi connectivity index (χ0v) is 15.2. The summed E-state index contributed by atoms with van der Waals surface area (Å²) in [5, 5.41) is 13.1. The van der Waals surface area contributed by atoms with Crippen LogP contribution in [0.15, 0.2) is 94.2 Å². The van der Waals surface area contributed by atoms with Gasteiger partial charge in [0, 0.05) is 5.56 Å². The fourth-order valence-electron chi connectivity index (χ4n) is 2.40. The molecule has 3 aromatic rings. The summed E-state index contributed by atoms with van der Waals surface area (Å²) in [5.41, 5.74) is 5.20. The van der Waals surface area contributed by atoms with E-state index < -0.39 is 0 Å². The number of nitrogens with zero attached hydrogens (tertiary/aromatic N) is 3. The molecule has 0 saturated heterocycles. The third-order valence-electron chi connectivity index (χ3n) is 3.76. The Hall–Kier alpha value is -3.67. The van der Waals surface area contributed by atoms with Crippen molar-refractivity contribution in [2.24, 2.45) is 15.3 Å². The van der Waals surface area contributed by atoms with Gasteiger partial charge in [0.2, 0.25) is 5.84 Å². The molecule has 0 aliphatic heterocycles. The van der Waals surface area contributed by atoms with Gasteiger partial charge in [-0.15, -0.1) is 10.2 Å². The quantitative estimate of drug-likeness (QED) is 0.282. The number of azo groups is 1. The molecule has 0 bridgehead atoms. The third-order valence-corrected chi connectivity index (χ3v) is 3.76. The van der Waals surface area contributed by atoms with E-state index in [-0.39, 0.29) is 0 Å². The van der Waals surface area contributed by atoms with Gasteiger partial charge in [-0.2, -0.15) is 5.10 Å². The first-order valence-electron chi connectivity index (χ1n) is 8.38. The molecule has 6 heteroatoms. The number of nitrogens with one attached hydrogen (secondary N) is 1. The van der Waals surface area contributed by atoms with Gasteiger partial charge in [-0.3, -0.25) is 5.43 Å². The fraction of sp³-hybridized carbons (Fsp3) is 0.0952. The number of anilines is 1. The topological polar surface area (TPSA) is 67.6 Å². The number of methoxy groups -OCH3 is 2. The summed E-state index contributed by atoms with van der Waals surface area (Å²) in [5.74, 6) is 1.77. The molecule has 0 aromatic heterocycles. The van der Waals surface area contributed by atoms with E-state index in [0.29, 0.717) is 23.0 Å².